The number of carbonyl (C=O) groups excluding carboxylic acids is 1. The summed E-state index contributed by atoms with van der Waals surface area (Å²) in [6, 6.07) is 10.5. The Morgan fingerprint density at radius 1 is 1.33 bits per heavy atom. The fourth-order valence-corrected chi connectivity index (χ4v) is 2.35. The number of nitrogens with one attached hydrogen (secondary N) is 1. The molecule has 2 aromatic carbocycles. The van der Waals surface area contributed by atoms with Crippen molar-refractivity contribution in [1.82, 2.24) is 0 Å². The highest BCUT2D eigenvalue weighted by Crippen LogP contribution is 2.27. The van der Waals surface area contributed by atoms with E-state index < -0.39 is 5.97 Å². The standard InChI is InChI=1S/C16H18BN2O4S/c1-21-15-7-10(3-5-12(15)16(20)22-2)9-19-14-6-4-11(23-24-17)8-13(14)18/h3-8,17,19H,9,18H2,1-2H3/i17T. The molecule has 6 nitrogen and oxygen atoms in total. The van der Waals surface area contributed by atoms with Gasteiger partial charge < -0.3 is 24.7 Å². The van der Waals surface area contributed by atoms with Crippen LogP contribution in [0, 0.1) is 0 Å². The van der Waals surface area contributed by atoms with Gasteiger partial charge in [0.2, 0.25) is 7.09 Å². The molecule has 0 fully saturated rings. The quantitative estimate of drug-likeness (QED) is 0.329. The van der Waals surface area contributed by atoms with Gasteiger partial charge in [0.1, 0.15) is 17.1 Å². The van der Waals surface area contributed by atoms with Gasteiger partial charge in [-0.15, -0.1) is 0 Å². The predicted octanol–water partition coefficient (Wildman–Crippen LogP) is 2.52. The first-order valence-corrected chi connectivity index (χ1v) is 7.81. The number of nitrogens with two attached hydrogens (primary N) is 1. The van der Waals surface area contributed by atoms with Crippen molar-refractivity contribution in [3.05, 3.63) is 47.5 Å². The average molecular weight is 347 g/mol. The number of carbonyl (C=O) groups is 1. The first-order valence-electron chi connectivity index (χ1n) is 7.58. The Morgan fingerprint density at radius 2 is 2.17 bits per heavy atom. The van der Waals surface area contributed by atoms with E-state index in [1.54, 1.807) is 30.3 Å². The Hall–Kier alpha value is -2.48. The maximum atomic E-state index is 11.7. The number of nitrogen functional groups attached to an aromatic ring is 1. The average Bonchev–Trinajstić information content (AvgIpc) is 2.64. The van der Waals surface area contributed by atoms with Gasteiger partial charge in [0.15, 0.2) is 0 Å². The van der Waals surface area contributed by atoms with Crippen LogP contribution in [-0.2, 0) is 11.3 Å². The molecule has 8 heteroatoms. The molecule has 0 amide bonds. The molecular formula is C16H18BN2O4S. The van der Waals surface area contributed by atoms with Crippen LogP contribution in [0.3, 0.4) is 0 Å². The molecule has 0 aromatic heterocycles. The maximum Gasteiger partial charge on any atom is 0.341 e. The minimum atomic E-state index is -0.445. The summed E-state index contributed by atoms with van der Waals surface area (Å²) < 4.78 is 22.1. The van der Waals surface area contributed by atoms with Crippen LogP contribution in [0.4, 0.5) is 11.4 Å². The molecule has 0 atom stereocenters. The summed E-state index contributed by atoms with van der Waals surface area (Å²) in [5.74, 6) is 0.575. The van der Waals surface area contributed by atoms with Crippen molar-refractivity contribution in [2.45, 2.75) is 6.54 Å². The lowest BCUT2D eigenvalue weighted by Crippen LogP contribution is -2.06. The molecule has 0 aliphatic rings. The number of methoxy groups -OCH3 is 2. The third kappa shape index (κ3) is 4.29. The van der Waals surface area contributed by atoms with E-state index in [0.717, 1.165) is 30.2 Å². The highest BCUT2D eigenvalue weighted by Gasteiger charge is 2.13. The van der Waals surface area contributed by atoms with Gasteiger partial charge >= 0.3 is 5.97 Å². The van der Waals surface area contributed by atoms with Gasteiger partial charge in [0.25, 0.3) is 0 Å². The van der Waals surface area contributed by atoms with Crippen LogP contribution in [0.2, 0.25) is 0 Å². The SMILES string of the molecule is [3H][B]SOc1ccc(NCc2ccc(C(=O)OC)c(OC)c2)c(N)c1. The third-order valence-electron chi connectivity index (χ3n) is 3.32. The van der Waals surface area contributed by atoms with E-state index in [1.807, 2.05) is 6.07 Å². The van der Waals surface area contributed by atoms with E-state index in [4.69, 9.17) is 20.7 Å². The van der Waals surface area contributed by atoms with Crippen molar-refractivity contribution in [2.24, 2.45) is 0 Å². The van der Waals surface area contributed by atoms with E-state index in [2.05, 4.69) is 5.32 Å². The van der Waals surface area contributed by atoms with Gasteiger partial charge in [-0.3, -0.25) is 0 Å². The second-order valence-corrected chi connectivity index (χ2v) is 5.17. The number of hydrogen-bond acceptors (Lipinski definition) is 7. The summed E-state index contributed by atoms with van der Waals surface area (Å²) >= 11 is 0.910. The summed E-state index contributed by atoms with van der Waals surface area (Å²) in [7, 11) is 3.92. The van der Waals surface area contributed by atoms with Crippen molar-refractivity contribution >= 4 is 36.3 Å². The van der Waals surface area contributed by atoms with Gasteiger partial charge in [-0.2, -0.15) is 0 Å². The molecule has 0 saturated heterocycles. The lowest BCUT2D eigenvalue weighted by atomic mass is 10.1. The molecule has 24 heavy (non-hydrogen) atoms. The van der Waals surface area contributed by atoms with Gasteiger partial charge in [0.05, 0.1) is 25.6 Å². The maximum absolute atomic E-state index is 11.7. The third-order valence-corrected chi connectivity index (χ3v) is 3.61. The Kier molecular flexibility index (Phi) is 5.73. The van der Waals surface area contributed by atoms with Crippen LogP contribution in [0.1, 0.15) is 15.9 Å². The van der Waals surface area contributed by atoms with Crippen molar-refractivity contribution in [3.8, 4) is 11.5 Å². The number of ether oxygens (including phenoxy) is 2. The molecule has 0 unspecified atom stereocenters. The van der Waals surface area contributed by atoms with Crippen molar-refractivity contribution in [3.63, 3.8) is 0 Å². The van der Waals surface area contributed by atoms with E-state index in [1.165, 1.54) is 14.2 Å². The molecule has 0 aliphatic carbocycles. The Labute approximate surface area is 147 Å². The second-order valence-electron chi connectivity index (χ2n) is 4.81. The molecule has 0 bridgehead atoms. The van der Waals surface area contributed by atoms with Gasteiger partial charge in [-0.1, -0.05) is 6.07 Å². The normalized spacial score (nSPS) is 10.5. The zero-order valence-corrected chi connectivity index (χ0v) is 14.2. The predicted molar refractivity (Wildman–Crippen MR) is 97.9 cm³/mol. The lowest BCUT2D eigenvalue weighted by Gasteiger charge is -2.13. The molecular weight excluding hydrogens is 327 g/mol. The number of hydrogen-bond donors (Lipinski definition) is 2. The summed E-state index contributed by atoms with van der Waals surface area (Å²) in [4.78, 5) is 11.7. The van der Waals surface area contributed by atoms with Crippen molar-refractivity contribution in [2.75, 3.05) is 25.3 Å². The number of rotatable bonds is 8. The number of benzene rings is 2. The number of anilines is 2. The Morgan fingerprint density at radius 3 is 2.83 bits per heavy atom. The Bertz CT molecular complexity index is 748. The monoisotopic (exact) mass is 347 g/mol. The van der Waals surface area contributed by atoms with Gasteiger partial charge in [0, 0.05) is 12.6 Å². The Balaban J connectivity index is 2.07. The van der Waals surface area contributed by atoms with E-state index in [-0.39, 0.29) is 0 Å². The highest BCUT2D eigenvalue weighted by atomic mass is 32.2. The summed E-state index contributed by atoms with van der Waals surface area (Å²) in [5.41, 5.74) is 8.58. The first-order chi connectivity index (χ1) is 12.1. The van der Waals surface area contributed by atoms with Crippen LogP contribution in [-0.4, -0.2) is 28.6 Å². The zero-order valence-electron chi connectivity index (χ0n) is 14.4. The first kappa shape index (κ1) is 16.4. The number of esters is 1. The highest BCUT2D eigenvalue weighted by molar-refractivity contribution is 8.16. The van der Waals surface area contributed by atoms with Crippen LogP contribution < -0.4 is 20.0 Å². The van der Waals surface area contributed by atoms with Crippen molar-refractivity contribution < 1.29 is 18.5 Å². The molecule has 3 N–H and O–H groups in total. The van der Waals surface area contributed by atoms with Crippen molar-refractivity contribution in [1.29, 1.82) is 1.34 Å². The summed E-state index contributed by atoms with van der Waals surface area (Å²) in [5, 5.41) is 3.22. The largest absolute Gasteiger partial charge is 0.496 e. The fourth-order valence-electron chi connectivity index (χ4n) is 2.13. The minimum Gasteiger partial charge on any atom is -0.496 e. The zero-order chi connectivity index (χ0) is 18.2. The molecule has 0 heterocycles. The smallest absolute Gasteiger partial charge is 0.341 e. The summed E-state index contributed by atoms with van der Waals surface area (Å²) in [6.45, 7) is 0.497. The van der Waals surface area contributed by atoms with Crippen LogP contribution >= 0.6 is 11.9 Å². The minimum absolute atomic E-state index is 0.374. The lowest BCUT2D eigenvalue weighted by molar-refractivity contribution is 0.0597. The van der Waals surface area contributed by atoms with E-state index in [9.17, 15) is 4.79 Å². The molecule has 2 rings (SSSR count). The molecule has 0 saturated carbocycles. The van der Waals surface area contributed by atoms with Crippen LogP contribution in [0.25, 0.3) is 0 Å². The molecule has 2 aromatic rings. The van der Waals surface area contributed by atoms with E-state index in [0.29, 0.717) is 29.3 Å². The van der Waals surface area contributed by atoms with Gasteiger partial charge in [-0.05, 0) is 43.1 Å². The van der Waals surface area contributed by atoms with Crippen LogP contribution in [0.15, 0.2) is 36.4 Å². The molecule has 1 radical (unpaired) electrons. The molecule has 125 valence electrons. The fraction of sp³-hybridized carbons (Fsp3) is 0.188. The van der Waals surface area contributed by atoms with E-state index >= 15 is 0 Å². The van der Waals surface area contributed by atoms with Gasteiger partial charge in [-0.25, -0.2) is 4.79 Å². The second kappa shape index (κ2) is 8.40. The van der Waals surface area contributed by atoms with Crippen LogP contribution in [0.5, 0.6) is 11.5 Å². The summed E-state index contributed by atoms with van der Waals surface area (Å²) in [6.07, 6.45) is 0. The molecule has 0 spiro atoms. The topological polar surface area (TPSA) is 82.8 Å². The molecule has 0 aliphatic heterocycles.